The Morgan fingerprint density at radius 3 is 2.38 bits per heavy atom. The van der Waals surface area contributed by atoms with Crippen molar-refractivity contribution < 1.29 is 10.0 Å². The van der Waals surface area contributed by atoms with Crippen molar-refractivity contribution in [2.45, 2.75) is 12.6 Å². The monoisotopic (exact) mass is 325 g/mol. The third-order valence-corrected chi connectivity index (χ3v) is 3.80. The van der Waals surface area contributed by atoms with Crippen LogP contribution in [0.5, 0.6) is 0 Å². The van der Waals surface area contributed by atoms with Gasteiger partial charge < -0.3 is 10.0 Å². The first-order chi connectivity index (χ1) is 11.5. The zero-order chi connectivity index (χ0) is 17.5. The first-order valence-corrected chi connectivity index (χ1v) is 7.55. The molecule has 2 aromatic carbocycles. The standard InChI is InChI=1S/C18H19N3O3/c1-20(12-14-5-3-2-4-6-14)13-16(11-19)18(22)15-7-9-17(10-8-15)21(23)24/h2-10,16,18,22H,12-13H2,1H3/t16-,18-/m0/s1. The Morgan fingerprint density at radius 2 is 1.83 bits per heavy atom. The van der Waals surface area contributed by atoms with Crippen LogP contribution in [0.3, 0.4) is 0 Å². The van der Waals surface area contributed by atoms with Gasteiger partial charge in [0, 0.05) is 25.2 Å². The van der Waals surface area contributed by atoms with Crippen LogP contribution in [0.25, 0.3) is 0 Å². The normalized spacial score (nSPS) is 13.2. The minimum absolute atomic E-state index is 0.0411. The van der Waals surface area contributed by atoms with Gasteiger partial charge in [0.25, 0.3) is 5.69 Å². The number of non-ortho nitro benzene ring substituents is 1. The van der Waals surface area contributed by atoms with E-state index in [0.29, 0.717) is 18.7 Å². The molecule has 24 heavy (non-hydrogen) atoms. The number of hydrogen-bond donors (Lipinski definition) is 1. The summed E-state index contributed by atoms with van der Waals surface area (Å²) in [5.41, 5.74) is 1.59. The van der Waals surface area contributed by atoms with Gasteiger partial charge in [0.15, 0.2) is 0 Å². The molecule has 2 aromatic rings. The van der Waals surface area contributed by atoms with Crippen molar-refractivity contribution in [1.29, 1.82) is 5.26 Å². The summed E-state index contributed by atoms with van der Waals surface area (Å²) in [6.07, 6.45) is -0.992. The van der Waals surface area contributed by atoms with Gasteiger partial charge in [-0.05, 0) is 30.3 Å². The molecule has 0 aromatic heterocycles. The number of nitriles is 1. The fourth-order valence-corrected chi connectivity index (χ4v) is 2.53. The average Bonchev–Trinajstić information content (AvgIpc) is 2.60. The van der Waals surface area contributed by atoms with E-state index in [0.717, 1.165) is 5.56 Å². The fourth-order valence-electron chi connectivity index (χ4n) is 2.53. The third-order valence-electron chi connectivity index (χ3n) is 3.80. The predicted octanol–water partition coefficient (Wildman–Crippen LogP) is 2.90. The van der Waals surface area contributed by atoms with Crippen molar-refractivity contribution in [3.8, 4) is 6.07 Å². The zero-order valence-electron chi connectivity index (χ0n) is 13.4. The molecule has 0 aliphatic rings. The van der Waals surface area contributed by atoms with E-state index < -0.39 is 16.9 Å². The van der Waals surface area contributed by atoms with Gasteiger partial charge in [-0.3, -0.25) is 10.1 Å². The molecule has 0 saturated heterocycles. The summed E-state index contributed by atoms with van der Waals surface area (Å²) in [4.78, 5) is 12.2. The molecule has 6 nitrogen and oxygen atoms in total. The van der Waals surface area contributed by atoms with E-state index in [1.54, 1.807) is 0 Å². The van der Waals surface area contributed by atoms with Crippen molar-refractivity contribution in [3.05, 3.63) is 75.8 Å². The number of nitro benzene ring substituents is 1. The maximum atomic E-state index is 10.7. The van der Waals surface area contributed by atoms with Crippen LogP contribution in [0.15, 0.2) is 54.6 Å². The summed E-state index contributed by atoms with van der Waals surface area (Å²) >= 11 is 0. The molecule has 0 spiro atoms. The van der Waals surface area contributed by atoms with Crippen molar-refractivity contribution in [3.63, 3.8) is 0 Å². The Hall–Kier alpha value is -2.75. The average molecular weight is 325 g/mol. The quantitative estimate of drug-likeness (QED) is 0.624. The second-order valence-electron chi connectivity index (χ2n) is 5.71. The van der Waals surface area contributed by atoms with Crippen LogP contribution in [0, 0.1) is 27.4 Å². The van der Waals surface area contributed by atoms with Crippen LogP contribution in [0.1, 0.15) is 17.2 Å². The van der Waals surface area contributed by atoms with Crippen molar-refractivity contribution in [1.82, 2.24) is 4.90 Å². The van der Waals surface area contributed by atoms with Crippen LogP contribution in [0.4, 0.5) is 5.69 Å². The van der Waals surface area contributed by atoms with E-state index in [4.69, 9.17) is 0 Å². The van der Waals surface area contributed by atoms with Gasteiger partial charge >= 0.3 is 0 Å². The molecular formula is C18H19N3O3. The summed E-state index contributed by atoms with van der Waals surface area (Å²) < 4.78 is 0. The highest BCUT2D eigenvalue weighted by atomic mass is 16.6. The van der Waals surface area contributed by atoms with E-state index in [9.17, 15) is 20.5 Å². The molecular weight excluding hydrogens is 306 g/mol. The second kappa shape index (κ2) is 8.20. The molecule has 0 unspecified atom stereocenters. The van der Waals surface area contributed by atoms with Gasteiger partial charge in [-0.15, -0.1) is 0 Å². The first kappa shape index (κ1) is 17.6. The minimum atomic E-state index is -0.992. The molecule has 2 atom stereocenters. The van der Waals surface area contributed by atoms with Crippen LogP contribution in [-0.2, 0) is 6.54 Å². The van der Waals surface area contributed by atoms with Gasteiger partial charge in [-0.1, -0.05) is 30.3 Å². The number of benzene rings is 2. The Morgan fingerprint density at radius 1 is 1.21 bits per heavy atom. The summed E-state index contributed by atoms with van der Waals surface area (Å²) in [6, 6.07) is 17.6. The Bertz CT molecular complexity index is 711. The van der Waals surface area contributed by atoms with Crippen LogP contribution < -0.4 is 0 Å². The van der Waals surface area contributed by atoms with Crippen molar-refractivity contribution in [2.75, 3.05) is 13.6 Å². The molecule has 124 valence electrons. The molecule has 2 rings (SSSR count). The number of nitrogens with zero attached hydrogens (tertiary/aromatic N) is 3. The lowest BCUT2D eigenvalue weighted by molar-refractivity contribution is -0.384. The Balaban J connectivity index is 2.01. The summed E-state index contributed by atoms with van der Waals surface area (Å²) in [5, 5.41) is 30.5. The highest BCUT2D eigenvalue weighted by molar-refractivity contribution is 5.34. The molecule has 0 fully saturated rings. The SMILES string of the molecule is CN(Cc1ccccc1)C[C@H](C#N)[C@@H](O)c1ccc([N+](=O)[O-])cc1. The molecule has 0 heterocycles. The third kappa shape index (κ3) is 4.62. The van der Waals surface area contributed by atoms with E-state index in [1.165, 1.54) is 24.3 Å². The van der Waals surface area contributed by atoms with Gasteiger partial charge in [0.05, 0.1) is 23.0 Å². The second-order valence-corrected chi connectivity index (χ2v) is 5.71. The number of nitro groups is 1. The van der Waals surface area contributed by atoms with E-state index in [2.05, 4.69) is 6.07 Å². The summed E-state index contributed by atoms with van der Waals surface area (Å²) in [6.45, 7) is 1.07. The Labute approximate surface area is 140 Å². The van der Waals surface area contributed by atoms with E-state index in [-0.39, 0.29) is 5.69 Å². The fraction of sp³-hybridized carbons (Fsp3) is 0.278. The maximum Gasteiger partial charge on any atom is 0.269 e. The van der Waals surface area contributed by atoms with Gasteiger partial charge in [0.2, 0.25) is 0 Å². The number of aliphatic hydroxyl groups is 1. The predicted molar refractivity (Wildman–Crippen MR) is 89.9 cm³/mol. The minimum Gasteiger partial charge on any atom is -0.387 e. The zero-order valence-corrected chi connectivity index (χ0v) is 13.4. The summed E-state index contributed by atoms with van der Waals surface area (Å²) in [7, 11) is 1.89. The molecule has 0 bridgehead atoms. The van der Waals surface area contributed by atoms with Crippen LogP contribution in [0.2, 0.25) is 0 Å². The molecule has 0 saturated carbocycles. The lowest BCUT2D eigenvalue weighted by atomic mass is 9.96. The summed E-state index contributed by atoms with van der Waals surface area (Å²) in [5.74, 6) is -0.625. The van der Waals surface area contributed by atoms with Crippen molar-refractivity contribution in [2.24, 2.45) is 5.92 Å². The largest absolute Gasteiger partial charge is 0.387 e. The highest BCUT2D eigenvalue weighted by Crippen LogP contribution is 2.24. The molecule has 6 heteroatoms. The number of hydrogen-bond acceptors (Lipinski definition) is 5. The smallest absolute Gasteiger partial charge is 0.269 e. The van der Waals surface area contributed by atoms with Crippen LogP contribution >= 0.6 is 0 Å². The number of aliphatic hydroxyl groups excluding tert-OH is 1. The number of rotatable bonds is 7. The Kier molecular flexibility index (Phi) is 6.01. The lowest BCUT2D eigenvalue weighted by Crippen LogP contribution is -2.28. The lowest BCUT2D eigenvalue weighted by Gasteiger charge is -2.23. The molecule has 0 aliphatic heterocycles. The van der Waals surface area contributed by atoms with E-state index in [1.807, 2.05) is 42.3 Å². The maximum absolute atomic E-state index is 10.7. The highest BCUT2D eigenvalue weighted by Gasteiger charge is 2.23. The van der Waals surface area contributed by atoms with Gasteiger partial charge in [0.1, 0.15) is 0 Å². The molecule has 0 amide bonds. The van der Waals surface area contributed by atoms with Crippen LogP contribution in [-0.4, -0.2) is 28.5 Å². The first-order valence-electron chi connectivity index (χ1n) is 7.55. The van der Waals surface area contributed by atoms with E-state index >= 15 is 0 Å². The van der Waals surface area contributed by atoms with Gasteiger partial charge in [-0.2, -0.15) is 5.26 Å². The molecule has 0 aliphatic carbocycles. The molecule has 1 N–H and O–H groups in total. The van der Waals surface area contributed by atoms with Crippen molar-refractivity contribution >= 4 is 5.69 Å². The topological polar surface area (TPSA) is 90.4 Å². The molecule has 0 radical (unpaired) electrons. The van der Waals surface area contributed by atoms with Gasteiger partial charge in [-0.25, -0.2) is 0 Å².